The summed E-state index contributed by atoms with van der Waals surface area (Å²) in [5.41, 5.74) is 0. The van der Waals surface area contributed by atoms with Gasteiger partial charge in [-0.3, -0.25) is 0 Å². The van der Waals surface area contributed by atoms with Crippen LogP contribution in [0.4, 0.5) is 0 Å². The molecular weight excluding hydrogens is 186 g/mol. The molecule has 0 heterocycles. The minimum absolute atomic E-state index is 0. The maximum atomic E-state index is 2.33. The summed E-state index contributed by atoms with van der Waals surface area (Å²) in [6, 6.07) is 0. The molecule has 0 nitrogen and oxygen atoms in total. The van der Waals surface area contributed by atoms with E-state index in [9.17, 15) is 0 Å². The first-order valence-corrected chi connectivity index (χ1v) is 8.49. The summed E-state index contributed by atoms with van der Waals surface area (Å²) in [5, 5.41) is 0. The molecule has 0 amide bonds. The van der Waals surface area contributed by atoms with Crippen molar-refractivity contribution in [2.24, 2.45) is 0 Å². The molecule has 0 rings (SSSR count). The second-order valence-electron chi connectivity index (χ2n) is 0.707. The molecule has 0 aromatic rings. The van der Waals surface area contributed by atoms with E-state index in [1.807, 2.05) is 0 Å². The summed E-state index contributed by atoms with van der Waals surface area (Å²) in [7, 11) is 2.06. The van der Waals surface area contributed by atoms with E-state index in [1.54, 1.807) is 0 Å². The van der Waals surface area contributed by atoms with Crippen LogP contribution in [0.25, 0.3) is 0 Å². The number of hydrogen-bond donors (Lipinski definition) is 0. The Kier molecular flexibility index (Phi) is 53.6. The predicted molar refractivity (Wildman–Crippen MR) is 34.3 cm³/mol. The van der Waals surface area contributed by atoms with Gasteiger partial charge in [0.2, 0.25) is 0 Å². The van der Waals surface area contributed by atoms with E-state index >= 15 is 0 Å². The van der Waals surface area contributed by atoms with Gasteiger partial charge in [0.25, 0.3) is 0 Å². The first-order chi connectivity index (χ1) is 1.41. The summed E-state index contributed by atoms with van der Waals surface area (Å²) in [5.74, 6) is 0. The Hall–Kier alpha value is 1.85. The quantitative estimate of drug-likeness (QED) is 0.371. The molecule has 0 aliphatic rings. The fourth-order valence-electron chi connectivity index (χ4n) is 0. The van der Waals surface area contributed by atoms with Gasteiger partial charge in [0.15, 0.2) is 17.4 Å². The van der Waals surface area contributed by atoms with Gasteiger partial charge in [-0.2, -0.15) is 0 Å². The topological polar surface area (TPSA) is 0 Å². The Bertz CT molecular complexity index is 9.61. The van der Waals surface area contributed by atoms with Crippen LogP contribution >= 0.6 is 0 Å². The standard InChI is InChI=1S/CH8Si2.Al.Zr.3H/c1-3-2;;;;;/h3H2,1-2H3;;;;;. The zero-order valence-corrected chi connectivity index (χ0v) is 9.08. The summed E-state index contributed by atoms with van der Waals surface area (Å²) < 4.78 is 0. The van der Waals surface area contributed by atoms with Crippen LogP contribution in [0.15, 0.2) is 0 Å². The SMILES string of the molecule is C[SiH2][SiH3].[AlH3].[Zr]. The molecule has 0 aliphatic carbocycles. The minimum Gasteiger partial charge on any atom is -0.0774 e. The largest absolute Gasteiger partial charge is 0.187 e. The monoisotopic (exact) mass is 196 g/mol. The summed E-state index contributed by atoms with van der Waals surface area (Å²) in [6.07, 6.45) is 0. The van der Waals surface area contributed by atoms with E-state index < -0.39 is 0 Å². The zero-order chi connectivity index (χ0) is 2.71. The van der Waals surface area contributed by atoms with E-state index in [0.29, 0.717) is 9.04 Å². The van der Waals surface area contributed by atoms with Gasteiger partial charge in [-0.1, -0.05) is 6.55 Å². The van der Waals surface area contributed by atoms with Crippen molar-refractivity contribution in [2.75, 3.05) is 0 Å². The molecule has 0 saturated carbocycles. The molecule has 0 aromatic carbocycles. The molecule has 0 spiro atoms. The van der Waals surface area contributed by atoms with Crippen molar-refractivity contribution in [3.05, 3.63) is 0 Å². The summed E-state index contributed by atoms with van der Waals surface area (Å²) in [6.45, 7) is 2.33. The smallest absolute Gasteiger partial charge is 0.0774 e. The van der Waals surface area contributed by atoms with Gasteiger partial charge in [0.1, 0.15) is 0 Å². The number of rotatable bonds is 0. The first-order valence-electron chi connectivity index (χ1n) is 1.41. The molecule has 30 valence electrons. The molecule has 0 atom stereocenters. The van der Waals surface area contributed by atoms with Gasteiger partial charge in [-0.25, -0.2) is 0 Å². The third-order valence-electron chi connectivity index (χ3n) is 0. The van der Waals surface area contributed by atoms with Crippen LogP contribution in [0.1, 0.15) is 0 Å². The molecule has 0 saturated heterocycles. The Morgan fingerprint density at radius 1 is 1.60 bits per heavy atom. The molecule has 4 heteroatoms. The van der Waals surface area contributed by atoms with Crippen LogP contribution in [0.5, 0.6) is 0 Å². The summed E-state index contributed by atoms with van der Waals surface area (Å²) in [4.78, 5) is 0. The maximum Gasteiger partial charge on any atom is 0.187 e. The average molecular weight is 197 g/mol. The Labute approximate surface area is 68.4 Å². The first kappa shape index (κ1) is 15.8. The van der Waals surface area contributed by atoms with Gasteiger partial charge < -0.3 is 0 Å². The second-order valence-corrected chi connectivity index (χ2v) is 6.36. The molecule has 0 N–H and O–H groups in total. The van der Waals surface area contributed by atoms with Crippen molar-refractivity contribution in [3.63, 3.8) is 0 Å². The third kappa shape index (κ3) is 25.3. The van der Waals surface area contributed by atoms with Crippen LogP contribution in [0, 0.1) is 0 Å². The Morgan fingerprint density at radius 3 is 1.60 bits per heavy atom. The second kappa shape index (κ2) is 16.9. The molecule has 0 fully saturated rings. The number of hydrogen-bond acceptors (Lipinski definition) is 0. The van der Waals surface area contributed by atoms with Gasteiger partial charge in [0.05, 0.1) is 0 Å². The predicted octanol–water partition coefficient (Wildman–Crippen LogP) is -2.70. The molecule has 0 aliphatic heterocycles. The van der Waals surface area contributed by atoms with E-state index in [1.165, 1.54) is 9.76 Å². The minimum atomic E-state index is 0. The molecule has 0 radical (unpaired) electrons. The normalized spacial score (nSPS) is 6.60. The Balaban J connectivity index is -0.0000000200. The van der Waals surface area contributed by atoms with Crippen LogP contribution < -0.4 is 0 Å². The van der Waals surface area contributed by atoms with Gasteiger partial charge in [-0.05, 0) is 9.76 Å². The van der Waals surface area contributed by atoms with Gasteiger partial charge in [-0.15, -0.1) is 0 Å². The van der Waals surface area contributed by atoms with E-state index in [0.717, 1.165) is 0 Å². The van der Waals surface area contributed by atoms with Crippen LogP contribution in [-0.4, -0.2) is 36.2 Å². The van der Waals surface area contributed by atoms with Gasteiger partial charge >= 0.3 is 0 Å². The van der Waals surface area contributed by atoms with Crippen molar-refractivity contribution in [1.82, 2.24) is 0 Å². The fourth-order valence-corrected chi connectivity index (χ4v) is 0. The van der Waals surface area contributed by atoms with Gasteiger partial charge in [0, 0.05) is 35.2 Å². The van der Waals surface area contributed by atoms with Crippen LogP contribution in [0.2, 0.25) is 6.55 Å². The van der Waals surface area contributed by atoms with Crippen molar-refractivity contribution in [3.8, 4) is 0 Å². The van der Waals surface area contributed by atoms with E-state index in [4.69, 9.17) is 0 Å². The molecule has 0 bridgehead atoms. The zero-order valence-electron chi connectivity index (χ0n) is 3.21. The molecule has 0 aromatic heterocycles. The van der Waals surface area contributed by atoms with Crippen LogP contribution in [0.3, 0.4) is 0 Å². The third-order valence-corrected chi connectivity index (χ3v) is 0. The fraction of sp³-hybridized carbons (Fsp3) is 1.00. The van der Waals surface area contributed by atoms with E-state index in [-0.39, 0.29) is 43.6 Å². The molecule has 0 unspecified atom stereocenters. The van der Waals surface area contributed by atoms with Crippen molar-refractivity contribution < 1.29 is 26.2 Å². The summed E-state index contributed by atoms with van der Waals surface area (Å²) >= 11 is 0. The van der Waals surface area contributed by atoms with Crippen molar-refractivity contribution >= 4 is 36.2 Å². The maximum absolute atomic E-state index is 2.33. The molecule has 5 heavy (non-hydrogen) atoms. The Morgan fingerprint density at radius 2 is 1.60 bits per heavy atom. The van der Waals surface area contributed by atoms with Crippen molar-refractivity contribution in [1.29, 1.82) is 0 Å². The van der Waals surface area contributed by atoms with Crippen LogP contribution in [-0.2, 0) is 26.2 Å². The average Bonchev–Trinajstić information content (AvgIpc) is 0.918. The van der Waals surface area contributed by atoms with Crippen molar-refractivity contribution in [2.45, 2.75) is 6.55 Å². The van der Waals surface area contributed by atoms with E-state index in [2.05, 4.69) is 6.55 Å². The molecular formula is CH11AlSi2Zr.